The number of carbonyl (C=O) groups excluding carboxylic acids is 1. The highest BCUT2D eigenvalue weighted by atomic mass is 16.6. The summed E-state index contributed by atoms with van der Waals surface area (Å²) in [5.41, 5.74) is 2.48. The lowest BCUT2D eigenvalue weighted by Gasteiger charge is -2.34. The van der Waals surface area contributed by atoms with Crippen molar-refractivity contribution in [2.75, 3.05) is 26.7 Å². The number of benzene rings is 1. The lowest BCUT2D eigenvalue weighted by atomic mass is 9.98. The fourth-order valence-electron chi connectivity index (χ4n) is 3.58. The van der Waals surface area contributed by atoms with E-state index in [1.54, 1.807) is 18.2 Å². The maximum Gasteiger partial charge on any atom is 0.410 e. The lowest BCUT2D eigenvalue weighted by molar-refractivity contribution is 0.0168. The van der Waals surface area contributed by atoms with E-state index in [-0.39, 0.29) is 6.09 Å². The quantitative estimate of drug-likeness (QED) is 0.539. The molecule has 8 heteroatoms. The number of hydrogen-bond acceptors (Lipinski definition) is 5. The van der Waals surface area contributed by atoms with E-state index in [9.17, 15) is 4.79 Å². The number of hydrogen-bond donors (Lipinski definition) is 2. The molecule has 1 unspecified atom stereocenters. The predicted octanol–water partition coefficient (Wildman–Crippen LogP) is 3.96. The minimum absolute atomic E-state index is 0.236. The van der Waals surface area contributed by atoms with Crippen LogP contribution in [0.1, 0.15) is 44.9 Å². The highest BCUT2D eigenvalue weighted by Gasteiger charge is 2.27. The molecule has 0 aliphatic carbocycles. The Morgan fingerprint density at radius 3 is 2.72 bits per heavy atom. The standard InChI is InChI=1S/C24H35N5O3/c1-17-8-10-19(11-9-17)21-28-20(16-31-21)14-27-22(25-5)26-13-18-7-6-12-29(15-18)23(30)32-24(2,3)4/h8-11,16,18H,6-7,12-15H2,1-5H3,(H2,25,26,27). The average Bonchev–Trinajstić information content (AvgIpc) is 3.22. The number of aliphatic imine (C=N–C) groups is 1. The number of nitrogens with zero attached hydrogens (tertiary/aromatic N) is 3. The van der Waals surface area contributed by atoms with Gasteiger partial charge in [0.2, 0.25) is 5.89 Å². The molecule has 2 N–H and O–H groups in total. The highest BCUT2D eigenvalue weighted by molar-refractivity contribution is 5.79. The van der Waals surface area contributed by atoms with Gasteiger partial charge in [-0.1, -0.05) is 17.7 Å². The molecule has 0 spiro atoms. The Morgan fingerprint density at radius 1 is 1.28 bits per heavy atom. The Bertz CT molecular complexity index is 914. The van der Waals surface area contributed by atoms with Gasteiger partial charge in [0, 0.05) is 32.2 Å². The van der Waals surface area contributed by atoms with Gasteiger partial charge in [-0.05, 0) is 58.6 Å². The van der Waals surface area contributed by atoms with E-state index in [0.717, 1.165) is 37.2 Å². The second-order valence-corrected chi connectivity index (χ2v) is 9.25. The van der Waals surface area contributed by atoms with Crippen LogP contribution in [-0.2, 0) is 11.3 Å². The second kappa shape index (κ2) is 10.5. The SMILES string of the molecule is CN=C(NCc1coc(-c2ccc(C)cc2)n1)NCC1CCCN(C(=O)OC(C)(C)C)C1. The summed E-state index contributed by atoms with van der Waals surface area (Å²) in [5, 5.41) is 6.64. The van der Waals surface area contributed by atoms with Crippen molar-refractivity contribution in [3.63, 3.8) is 0 Å². The summed E-state index contributed by atoms with van der Waals surface area (Å²) in [6.07, 6.45) is 3.46. The third-order valence-electron chi connectivity index (χ3n) is 5.24. The van der Waals surface area contributed by atoms with E-state index in [1.807, 2.05) is 45.0 Å². The first kappa shape index (κ1) is 23.6. The third-order valence-corrected chi connectivity index (χ3v) is 5.24. The number of oxazole rings is 1. The molecule has 1 fully saturated rings. The molecular weight excluding hydrogens is 406 g/mol. The van der Waals surface area contributed by atoms with Crippen molar-refractivity contribution in [3.05, 3.63) is 41.8 Å². The smallest absolute Gasteiger partial charge is 0.410 e. The van der Waals surface area contributed by atoms with Gasteiger partial charge in [-0.3, -0.25) is 4.99 Å². The van der Waals surface area contributed by atoms with Crippen molar-refractivity contribution in [3.8, 4) is 11.5 Å². The molecule has 32 heavy (non-hydrogen) atoms. The highest BCUT2D eigenvalue weighted by Crippen LogP contribution is 2.20. The first-order chi connectivity index (χ1) is 15.2. The Morgan fingerprint density at radius 2 is 2.03 bits per heavy atom. The van der Waals surface area contributed by atoms with E-state index in [2.05, 4.69) is 27.5 Å². The molecule has 1 atom stereocenters. The number of likely N-dealkylation sites (tertiary alicyclic amines) is 1. The zero-order valence-corrected chi connectivity index (χ0v) is 19.8. The predicted molar refractivity (Wildman–Crippen MR) is 125 cm³/mol. The monoisotopic (exact) mass is 441 g/mol. The summed E-state index contributed by atoms with van der Waals surface area (Å²) in [5.74, 6) is 1.64. The van der Waals surface area contributed by atoms with Crippen molar-refractivity contribution in [1.82, 2.24) is 20.5 Å². The maximum absolute atomic E-state index is 12.4. The summed E-state index contributed by atoms with van der Waals surface area (Å²) in [7, 11) is 1.74. The molecule has 0 bridgehead atoms. The zero-order valence-electron chi connectivity index (χ0n) is 19.8. The molecule has 1 saturated heterocycles. The van der Waals surface area contributed by atoms with Crippen molar-refractivity contribution in [2.45, 2.75) is 52.7 Å². The number of ether oxygens (including phenoxy) is 1. The molecule has 1 aromatic heterocycles. The molecule has 1 aromatic carbocycles. The zero-order chi connectivity index (χ0) is 23.1. The average molecular weight is 442 g/mol. The van der Waals surface area contributed by atoms with Gasteiger partial charge in [0.05, 0.1) is 12.2 Å². The van der Waals surface area contributed by atoms with Crippen molar-refractivity contribution >= 4 is 12.1 Å². The molecule has 3 rings (SSSR count). The van der Waals surface area contributed by atoms with Crippen molar-refractivity contribution < 1.29 is 13.9 Å². The fraction of sp³-hybridized carbons (Fsp3) is 0.542. The van der Waals surface area contributed by atoms with Gasteiger partial charge in [0.25, 0.3) is 0 Å². The topological polar surface area (TPSA) is 92.0 Å². The first-order valence-electron chi connectivity index (χ1n) is 11.2. The lowest BCUT2D eigenvalue weighted by Crippen LogP contribution is -2.47. The van der Waals surface area contributed by atoms with Crippen molar-refractivity contribution in [2.24, 2.45) is 10.9 Å². The molecule has 1 aliphatic rings. The van der Waals surface area contributed by atoms with E-state index in [0.29, 0.717) is 30.9 Å². The van der Waals surface area contributed by atoms with Crippen LogP contribution < -0.4 is 10.6 Å². The Labute approximate surface area is 190 Å². The van der Waals surface area contributed by atoms with Gasteiger partial charge in [0.1, 0.15) is 11.9 Å². The molecule has 8 nitrogen and oxygen atoms in total. The number of aryl methyl sites for hydroxylation is 1. The Kier molecular flexibility index (Phi) is 7.77. The Balaban J connectivity index is 1.46. The molecule has 1 amide bonds. The second-order valence-electron chi connectivity index (χ2n) is 9.25. The van der Waals surface area contributed by atoms with Crippen LogP contribution in [-0.4, -0.2) is 54.2 Å². The van der Waals surface area contributed by atoms with Gasteiger partial charge in [-0.15, -0.1) is 0 Å². The van der Waals surface area contributed by atoms with E-state index in [1.165, 1.54) is 5.56 Å². The van der Waals surface area contributed by atoms with Gasteiger partial charge in [-0.25, -0.2) is 9.78 Å². The van der Waals surface area contributed by atoms with Crippen LogP contribution >= 0.6 is 0 Å². The van der Waals surface area contributed by atoms with E-state index in [4.69, 9.17) is 9.15 Å². The van der Waals surface area contributed by atoms with Crippen LogP contribution in [0.25, 0.3) is 11.5 Å². The summed E-state index contributed by atoms with van der Waals surface area (Å²) in [6, 6.07) is 8.09. The Hall–Kier alpha value is -3.03. The van der Waals surface area contributed by atoms with Crippen LogP contribution in [0.4, 0.5) is 4.79 Å². The number of piperidine rings is 1. The van der Waals surface area contributed by atoms with Crippen LogP contribution in [0, 0.1) is 12.8 Å². The number of guanidine groups is 1. The molecule has 0 radical (unpaired) electrons. The number of nitrogens with one attached hydrogen (secondary N) is 2. The number of rotatable bonds is 5. The molecule has 174 valence electrons. The third kappa shape index (κ3) is 7.00. The van der Waals surface area contributed by atoms with Gasteiger partial charge in [0.15, 0.2) is 5.96 Å². The van der Waals surface area contributed by atoms with Crippen LogP contribution in [0.2, 0.25) is 0 Å². The maximum atomic E-state index is 12.4. The normalized spacial score (nSPS) is 17.2. The minimum atomic E-state index is -0.478. The number of aromatic nitrogens is 1. The van der Waals surface area contributed by atoms with E-state index >= 15 is 0 Å². The molecular formula is C24H35N5O3. The van der Waals surface area contributed by atoms with Crippen LogP contribution in [0.5, 0.6) is 0 Å². The molecule has 2 heterocycles. The summed E-state index contributed by atoms with van der Waals surface area (Å²) in [6.45, 7) is 10.4. The van der Waals surface area contributed by atoms with Gasteiger partial charge in [-0.2, -0.15) is 0 Å². The van der Waals surface area contributed by atoms with Crippen LogP contribution in [0.15, 0.2) is 39.9 Å². The van der Waals surface area contributed by atoms with Gasteiger partial charge < -0.3 is 24.7 Å². The van der Waals surface area contributed by atoms with Crippen molar-refractivity contribution in [1.29, 1.82) is 0 Å². The molecule has 0 saturated carbocycles. The minimum Gasteiger partial charge on any atom is -0.444 e. The summed E-state index contributed by atoms with van der Waals surface area (Å²) < 4.78 is 11.1. The molecule has 1 aliphatic heterocycles. The van der Waals surface area contributed by atoms with Gasteiger partial charge >= 0.3 is 6.09 Å². The first-order valence-corrected chi connectivity index (χ1v) is 11.2. The molecule has 2 aromatic rings. The number of carbonyl (C=O) groups is 1. The number of amides is 1. The summed E-state index contributed by atoms with van der Waals surface area (Å²) in [4.78, 5) is 23.0. The van der Waals surface area contributed by atoms with Crippen LogP contribution in [0.3, 0.4) is 0 Å². The largest absolute Gasteiger partial charge is 0.444 e. The fourth-order valence-corrected chi connectivity index (χ4v) is 3.58. The van der Waals surface area contributed by atoms with E-state index < -0.39 is 5.60 Å². The summed E-state index contributed by atoms with van der Waals surface area (Å²) >= 11 is 0.